The SMILES string of the molecule is CC12CN(c3ncc(Cl)cn3)CC1C2COc1ccc(-c2ccc(S(C)(=O)=O)cc2)nc1. The molecule has 1 saturated heterocycles. The Morgan fingerprint density at radius 3 is 2.38 bits per heavy atom. The van der Waals surface area contributed by atoms with Gasteiger partial charge in [0, 0.05) is 30.8 Å². The fourth-order valence-electron chi connectivity index (χ4n) is 4.67. The number of sulfone groups is 1. The molecule has 2 aromatic heterocycles. The van der Waals surface area contributed by atoms with Crippen LogP contribution in [0.4, 0.5) is 5.95 Å². The molecule has 0 radical (unpaired) electrons. The second-order valence-electron chi connectivity index (χ2n) is 8.79. The molecule has 2 fully saturated rings. The Kier molecular flexibility index (Phi) is 5.09. The van der Waals surface area contributed by atoms with Crippen molar-refractivity contribution in [3.8, 4) is 17.0 Å². The molecule has 0 amide bonds. The Labute approximate surface area is 192 Å². The third-order valence-corrected chi connectivity index (χ3v) is 7.98. The van der Waals surface area contributed by atoms with Gasteiger partial charge in [0.15, 0.2) is 9.84 Å². The minimum absolute atomic E-state index is 0.206. The lowest BCUT2D eigenvalue weighted by Gasteiger charge is -2.22. The van der Waals surface area contributed by atoms with Crippen LogP contribution in [0.2, 0.25) is 5.02 Å². The zero-order valence-electron chi connectivity index (χ0n) is 17.8. The number of pyridine rings is 1. The lowest BCUT2D eigenvalue weighted by molar-refractivity contribution is 0.269. The molecule has 3 heterocycles. The molecule has 166 valence electrons. The number of ether oxygens (including phenoxy) is 1. The van der Waals surface area contributed by atoms with Gasteiger partial charge < -0.3 is 9.64 Å². The van der Waals surface area contributed by atoms with Crippen molar-refractivity contribution in [2.45, 2.75) is 11.8 Å². The average molecular weight is 471 g/mol. The number of nitrogens with zero attached hydrogens (tertiary/aromatic N) is 4. The van der Waals surface area contributed by atoms with Crippen LogP contribution in [0.5, 0.6) is 5.75 Å². The molecule has 32 heavy (non-hydrogen) atoms. The molecule has 0 spiro atoms. The first-order chi connectivity index (χ1) is 15.2. The van der Waals surface area contributed by atoms with Gasteiger partial charge in [-0.3, -0.25) is 4.98 Å². The zero-order chi connectivity index (χ0) is 22.5. The summed E-state index contributed by atoms with van der Waals surface area (Å²) in [5, 5.41) is 0.543. The monoisotopic (exact) mass is 470 g/mol. The molecule has 7 nitrogen and oxygen atoms in total. The Balaban J connectivity index is 1.17. The van der Waals surface area contributed by atoms with Crippen molar-refractivity contribution in [1.82, 2.24) is 15.0 Å². The molecule has 9 heteroatoms. The van der Waals surface area contributed by atoms with Gasteiger partial charge in [0.25, 0.3) is 0 Å². The van der Waals surface area contributed by atoms with E-state index in [9.17, 15) is 8.42 Å². The largest absolute Gasteiger partial charge is 0.492 e. The first-order valence-electron chi connectivity index (χ1n) is 10.4. The highest BCUT2D eigenvalue weighted by Gasteiger charge is 2.66. The van der Waals surface area contributed by atoms with E-state index in [4.69, 9.17) is 16.3 Å². The number of anilines is 1. The van der Waals surface area contributed by atoms with Crippen molar-refractivity contribution >= 4 is 27.4 Å². The lowest BCUT2D eigenvalue weighted by Crippen LogP contribution is -2.29. The molecule has 0 N–H and O–H groups in total. The van der Waals surface area contributed by atoms with Crippen molar-refractivity contribution in [1.29, 1.82) is 0 Å². The van der Waals surface area contributed by atoms with Crippen LogP contribution in [0.25, 0.3) is 11.3 Å². The zero-order valence-corrected chi connectivity index (χ0v) is 19.3. The van der Waals surface area contributed by atoms with E-state index in [1.807, 2.05) is 12.1 Å². The summed E-state index contributed by atoms with van der Waals surface area (Å²) in [6.07, 6.45) is 6.18. The minimum Gasteiger partial charge on any atom is -0.492 e. The standard InChI is InChI=1S/C23H23ClN4O3S/c1-23-14-28(22-26-9-16(24)10-27-22)12-19(23)20(23)13-31-17-5-8-21(25-11-17)15-3-6-18(7-4-15)32(2,29)30/h3-11,19-20H,12-14H2,1-2H3. The van der Waals surface area contributed by atoms with Crippen LogP contribution in [-0.4, -0.2) is 49.3 Å². The summed E-state index contributed by atoms with van der Waals surface area (Å²) in [7, 11) is -3.21. The normalized spacial score (nSPS) is 24.3. The number of hydrogen-bond donors (Lipinski definition) is 0. The molecule has 3 aromatic rings. The predicted octanol–water partition coefficient (Wildman–Crippen LogP) is 3.75. The van der Waals surface area contributed by atoms with Gasteiger partial charge in [-0.25, -0.2) is 18.4 Å². The van der Waals surface area contributed by atoms with E-state index in [0.717, 1.165) is 36.0 Å². The van der Waals surface area contributed by atoms with E-state index < -0.39 is 9.84 Å². The fraction of sp³-hybridized carbons (Fsp3) is 0.348. The van der Waals surface area contributed by atoms with Crippen molar-refractivity contribution in [2.75, 3.05) is 30.9 Å². The molecular formula is C23H23ClN4O3S. The van der Waals surface area contributed by atoms with E-state index in [1.54, 1.807) is 42.9 Å². The van der Waals surface area contributed by atoms with Gasteiger partial charge in [-0.2, -0.15) is 0 Å². The summed E-state index contributed by atoms with van der Waals surface area (Å²) in [6, 6.07) is 10.5. The van der Waals surface area contributed by atoms with Crippen LogP contribution in [0.1, 0.15) is 6.92 Å². The van der Waals surface area contributed by atoms with Crippen LogP contribution in [-0.2, 0) is 9.84 Å². The summed E-state index contributed by atoms with van der Waals surface area (Å²) >= 11 is 5.89. The van der Waals surface area contributed by atoms with Gasteiger partial charge in [-0.1, -0.05) is 30.7 Å². The van der Waals surface area contributed by atoms with Gasteiger partial charge >= 0.3 is 0 Å². The summed E-state index contributed by atoms with van der Waals surface area (Å²) in [6.45, 7) is 4.78. The molecule has 2 aliphatic rings. The van der Waals surface area contributed by atoms with E-state index in [-0.39, 0.29) is 5.41 Å². The highest BCUT2D eigenvalue weighted by Crippen LogP contribution is 2.63. The fourth-order valence-corrected chi connectivity index (χ4v) is 5.40. The first-order valence-corrected chi connectivity index (χ1v) is 12.6. The maximum atomic E-state index is 11.6. The van der Waals surface area contributed by atoms with Crippen molar-refractivity contribution in [3.05, 3.63) is 60.0 Å². The van der Waals surface area contributed by atoms with Gasteiger partial charge in [-0.05, 0) is 35.6 Å². The van der Waals surface area contributed by atoms with Crippen molar-refractivity contribution in [3.63, 3.8) is 0 Å². The van der Waals surface area contributed by atoms with Gasteiger partial charge in [-0.15, -0.1) is 0 Å². The molecule has 1 aliphatic carbocycles. The van der Waals surface area contributed by atoms with Crippen LogP contribution in [0.15, 0.2) is 59.9 Å². The topological polar surface area (TPSA) is 85.3 Å². The van der Waals surface area contributed by atoms with Crippen LogP contribution >= 0.6 is 11.6 Å². The molecule has 3 atom stereocenters. The summed E-state index contributed by atoms with van der Waals surface area (Å²) in [5.74, 6) is 2.51. The molecule has 1 aromatic carbocycles. The number of halogens is 1. The lowest BCUT2D eigenvalue weighted by atomic mass is 10.1. The Morgan fingerprint density at radius 1 is 1.09 bits per heavy atom. The molecule has 3 unspecified atom stereocenters. The summed E-state index contributed by atoms with van der Waals surface area (Å²) in [4.78, 5) is 15.6. The molecule has 0 bridgehead atoms. The maximum Gasteiger partial charge on any atom is 0.225 e. The Bertz CT molecular complexity index is 1230. The van der Waals surface area contributed by atoms with Crippen molar-refractivity contribution in [2.24, 2.45) is 17.3 Å². The number of hydrogen-bond acceptors (Lipinski definition) is 7. The highest BCUT2D eigenvalue weighted by atomic mass is 35.5. The van der Waals surface area contributed by atoms with Gasteiger partial charge in [0.2, 0.25) is 5.95 Å². The van der Waals surface area contributed by atoms with Crippen LogP contribution in [0, 0.1) is 17.3 Å². The van der Waals surface area contributed by atoms with Crippen LogP contribution < -0.4 is 9.64 Å². The number of fused-ring (bicyclic) bond motifs is 1. The van der Waals surface area contributed by atoms with Crippen molar-refractivity contribution < 1.29 is 13.2 Å². The summed E-state index contributed by atoms with van der Waals surface area (Å²) < 4.78 is 29.3. The summed E-state index contributed by atoms with van der Waals surface area (Å²) in [5.41, 5.74) is 1.83. The molecule has 1 aliphatic heterocycles. The quantitative estimate of drug-likeness (QED) is 0.542. The van der Waals surface area contributed by atoms with E-state index in [1.165, 1.54) is 6.26 Å². The highest BCUT2D eigenvalue weighted by molar-refractivity contribution is 7.90. The molecule has 1 saturated carbocycles. The third kappa shape index (κ3) is 3.93. The maximum absolute atomic E-state index is 11.6. The number of piperidine rings is 1. The smallest absolute Gasteiger partial charge is 0.225 e. The third-order valence-electron chi connectivity index (χ3n) is 6.65. The predicted molar refractivity (Wildman–Crippen MR) is 123 cm³/mol. The second-order valence-corrected chi connectivity index (χ2v) is 11.2. The minimum atomic E-state index is -3.21. The number of aromatic nitrogens is 3. The Hall–Kier alpha value is -2.71. The molecular weight excluding hydrogens is 448 g/mol. The molecule has 5 rings (SSSR count). The first kappa shape index (κ1) is 21.2. The van der Waals surface area contributed by atoms with Gasteiger partial charge in [0.05, 0.1) is 40.8 Å². The second kappa shape index (κ2) is 7.71. The van der Waals surface area contributed by atoms with E-state index >= 15 is 0 Å². The number of benzene rings is 1. The van der Waals surface area contributed by atoms with Crippen LogP contribution in [0.3, 0.4) is 0 Å². The average Bonchev–Trinajstić information content (AvgIpc) is 3.14. The van der Waals surface area contributed by atoms with E-state index in [2.05, 4.69) is 26.8 Å². The van der Waals surface area contributed by atoms with Gasteiger partial charge in [0.1, 0.15) is 5.75 Å². The van der Waals surface area contributed by atoms with E-state index in [0.29, 0.717) is 28.4 Å². The Morgan fingerprint density at radius 2 is 1.81 bits per heavy atom. The number of rotatable bonds is 6.